The molecule has 2 amide bonds. The van der Waals surface area contributed by atoms with E-state index in [9.17, 15) is 4.79 Å². The normalized spacial score (nSPS) is 10.6. The summed E-state index contributed by atoms with van der Waals surface area (Å²) in [5.41, 5.74) is 4.16. The largest absolute Gasteiger partial charge is 0.332 e. The lowest BCUT2D eigenvalue weighted by Gasteiger charge is -2.13. The van der Waals surface area contributed by atoms with Crippen molar-refractivity contribution < 1.29 is 4.79 Å². The summed E-state index contributed by atoms with van der Waals surface area (Å²) in [6, 6.07) is 11.5. The van der Waals surface area contributed by atoms with E-state index in [1.54, 1.807) is 0 Å². The van der Waals surface area contributed by atoms with Crippen LogP contribution in [-0.2, 0) is 0 Å². The fourth-order valence-electron chi connectivity index (χ4n) is 2.16. The lowest BCUT2D eigenvalue weighted by atomic mass is 10.1. The molecule has 0 atom stereocenters. The number of urea groups is 1. The average Bonchev–Trinajstić information content (AvgIpc) is 2.61. The van der Waals surface area contributed by atoms with Gasteiger partial charge in [0.05, 0.1) is 11.9 Å². The number of aromatic nitrogens is 3. The van der Waals surface area contributed by atoms with Crippen LogP contribution in [0.1, 0.15) is 12.5 Å². The Kier molecular flexibility index (Phi) is 4.61. The third kappa shape index (κ3) is 3.46. The zero-order valence-electron chi connectivity index (χ0n) is 13.4. The minimum Gasteiger partial charge on any atom is -0.290 e. The van der Waals surface area contributed by atoms with Crippen LogP contribution in [0.3, 0.4) is 0 Å². The van der Waals surface area contributed by atoms with Gasteiger partial charge in [-0.3, -0.25) is 9.62 Å². The summed E-state index contributed by atoms with van der Waals surface area (Å²) in [5.74, 6) is 0.341. The van der Waals surface area contributed by atoms with Gasteiger partial charge in [0.15, 0.2) is 11.5 Å². The Labute approximate surface area is 145 Å². The molecule has 0 saturated heterocycles. The molecule has 0 unspecified atom stereocenters. The predicted molar refractivity (Wildman–Crippen MR) is 97.9 cm³/mol. The number of carbonyl (C=O) groups is 1. The van der Waals surface area contributed by atoms with Gasteiger partial charge < -0.3 is 0 Å². The van der Waals surface area contributed by atoms with Crippen molar-refractivity contribution in [2.75, 3.05) is 11.9 Å². The van der Waals surface area contributed by atoms with Crippen molar-refractivity contribution in [2.45, 2.75) is 13.8 Å². The van der Waals surface area contributed by atoms with Crippen molar-refractivity contribution in [3.63, 3.8) is 0 Å². The van der Waals surface area contributed by atoms with Gasteiger partial charge in [0.25, 0.3) is 0 Å². The highest BCUT2D eigenvalue weighted by atomic mass is 32.1. The van der Waals surface area contributed by atoms with Crippen molar-refractivity contribution >= 4 is 35.8 Å². The first-order chi connectivity index (χ1) is 11.6. The molecule has 122 valence electrons. The molecule has 0 aliphatic rings. The van der Waals surface area contributed by atoms with Crippen LogP contribution < -0.4 is 5.32 Å². The molecule has 2 aromatic heterocycles. The van der Waals surface area contributed by atoms with E-state index in [4.69, 9.17) is 0 Å². The lowest BCUT2D eigenvalue weighted by Crippen LogP contribution is -2.27. The second-order valence-corrected chi connectivity index (χ2v) is 5.79. The number of fused-ring (bicyclic) bond motifs is 1. The van der Waals surface area contributed by atoms with Crippen LogP contribution in [-0.4, -0.2) is 31.8 Å². The number of amides is 2. The second-order valence-electron chi connectivity index (χ2n) is 5.31. The molecule has 7 heteroatoms. The van der Waals surface area contributed by atoms with Gasteiger partial charge in [-0.2, -0.15) is 0 Å². The van der Waals surface area contributed by atoms with Crippen LogP contribution in [0, 0.1) is 6.92 Å². The number of nitrogens with one attached hydrogen (secondary N) is 1. The lowest BCUT2D eigenvalue weighted by molar-refractivity contribution is 0.240. The number of thiol groups is 1. The summed E-state index contributed by atoms with van der Waals surface area (Å²) < 4.78 is 1.25. The maximum Gasteiger partial charge on any atom is 0.332 e. The van der Waals surface area contributed by atoms with Gasteiger partial charge in [0.1, 0.15) is 5.52 Å². The Morgan fingerprint density at radius 1 is 1.17 bits per heavy atom. The number of rotatable bonds is 3. The number of aryl methyl sites for hydroxylation is 1. The predicted octanol–water partition coefficient (Wildman–Crippen LogP) is 3.70. The Bertz CT molecular complexity index is 882. The zero-order valence-corrected chi connectivity index (χ0v) is 14.3. The van der Waals surface area contributed by atoms with Crippen molar-refractivity contribution in [3.8, 4) is 11.3 Å². The second kappa shape index (κ2) is 6.84. The highest BCUT2D eigenvalue weighted by Gasteiger charge is 2.10. The minimum atomic E-state index is -0.357. The quantitative estimate of drug-likeness (QED) is 0.714. The summed E-state index contributed by atoms with van der Waals surface area (Å²) in [5, 5.41) is 2.65. The average molecular weight is 339 g/mol. The molecule has 1 N–H and O–H groups in total. The van der Waals surface area contributed by atoms with E-state index in [1.807, 2.05) is 50.2 Å². The van der Waals surface area contributed by atoms with Crippen molar-refractivity contribution in [1.29, 1.82) is 0 Å². The topological polar surface area (TPSA) is 71.0 Å². The van der Waals surface area contributed by atoms with Gasteiger partial charge in [-0.15, -0.1) is 0 Å². The van der Waals surface area contributed by atoms with E-state index >= 15 is 0 Å². The van der Waals surface area contributed by atoms with Crippen LogP contribution in [0.5, 0.6) is 0 Å². The number of nitrogens with zero attached hydrogens (tertiary/aromatic N) is 4. The SMILES string of the molecule is CCN(S)C(=O)Nc1cnc2ccc(-c3ccc(C)cc3)nc2n1. The molecular weight excluding hydrogens is 322 g/mol. The van der Waals surface area contributed by atoms with Crippen LogP contribution in [0.4, 0.5) is 10.6 Å². The molecule has 0 spiro atoms. The van der Waals surface area contributed by atoms with Crippen LogP contribution >= 0.6 is 12.8 Å². The standard InChI is InChI=1S/C17H17N5OS/c1-3-22(24)17(23)21-15-10-18-14-9-8-13(19-16(14)20-15)12-6-4-11(2)5-7-12/h4-10,24H,3H2,1-2H3,(H,19,20,21,23). The maximum atomic E-state index is 11.9. The summed E-state index contributed by atoms with van der Waals surface area (Å²) in [6.07, 6.45) is 1.50. The molecule has 0 fully saturated rings. The summed E-state index contributed by atoms with van der Waals surface area (Å²) in [4.78, 5) is 25.1. The van der Waals surface area contributed by atoms with Crippen LogP contribution in [0.15, 0.2) is 42.6 Å². The molecule has 0 aliphatic heterocycles. The first-order valence-corrected chi connectivity index (χ1v) is 7.95. The molecule has 24 heavy (non-hydrogen) atoms. The van der Waals surface area contributed by atoms with Crippen molar-refractivity contribution in [3.05, 3.63) is 48.2 Å². The van der Waals surface area contributed by atoms with E-state index in [-0.39, 0.29) is 6.03 Å². The molecule has 3 rings (SSSR count). The molecule has 0 radical (unpaired) electrons. The van der Waals surface area contributed by atoms with Gasteiger partial charge in [0.2, 0.25) is 0 Å². The Morgan fingerprint density at radius 2 is 1.92 bits per heavy atom. The fraction of sp³-hybridized carbons (Fsp3) is 0.176. The smallest absolute Gasteiger partial charge is 0.290 e. The number of hydrogen-bond acceptors (Lipinski definition) is 5. The third-order valence-corrected chi connectivity index (χ3v) is 3.99. The van der Waals surface area contributed by atoms with Crippen LogP contribution in [0.2, 0.25) is 0 Å². The van der Waals surface area contributed by atoms with E-state index in [0.29, 0.717) is 23.5 Å². The number of hydrogen-bond donors (Lipinski definition) is 2. The van der Waals surface area contributed by atoms with Gasteiger partial charge in [-0.05, 0) is 26.0 Å². The number of anilines is 1. The fourth-order valence-corrected chi connectivity index (χ4v) is 2.21. The first kappa shape index (κ1) is 16.2. The molecule has 1 aromatic carbocycles. The van der Waals surface area contributed by atoms with Gasteiger partial charge in [-0.1, -0.05) is 42.6 Å². The van der Waals surface area contributed by atoms with E-state index in [2.05, 4.69) is 33.1 Å². The molecule has 2 heterocycles. The number of benzene rings is 1. The summed E-state index contributed by atoms with van der Waals surface area (Å²) >= 11 is 4.06. The van der Waals surface area contributed by atoms with Crippen molar-refractivity contribution in [2.24, 2.45) is 0 Å². The van der Waals surface area contributed by atoms with Crippen LogP contribution in [0.25, 0.3) is 22.4 Å². The molecule has 0 aliphatic carbocycles. The summed E-state index contributed by atoms with van der Waals surface area (Å²) in [6.45, 7) is 4.35. The number of pyridine rings is 1. The third-order valence-electron chi connectivity index (χ3n) is 3.52. The molecule has 6 nitrogen and oxygen atoms in total. The molecular formula is C17H17N5OS. The van der Waals surface area contributed by atoms with E-state index in [0.717, 1.165) is 11.3 Å². The summed E-state index contributed by atoms with van der Waals surface area (Å²) in [7, 11) is 0. The first-order valence-electron chi connectivity index (χ1n) is 7.55. The molecule has 3 aromatic rings. The monoisotopic (exact) mass is 339 g/mol. The maximum absolute atomic E-state index is 11.9. The van der Waals surface area contributed by atoms with Gasteiger partial charge in [-0.25, -0.2) is 19.7 Å². The number of carbonyl (C=O) groups excluding carboxylic acids is 1. The molecule has 0 saturated carbocycles. The zero-order chi connectivity index (χ0) is 17.1. The minimum absolute atomic E-state index is 0.341. The van der Waals surface area contributed by atoms with E-state index in [1.165, 1.54) is 16.1 Å². The van der Waals surface area contributed by atoms with Gasteiger partial charge in [0, 0.05) is 12.1 Å². The Hall–Kier alpha value is -2.67. The van der Waals surface area contributed by atoms with Gasteiger partial charge >= 0.3 is 6.03 Å². The Balaban J connectivity index is 1.93. The highest BCUT2D eigenvalue weighted by Crippen LogP contribution is 2.20. The highest BCUT2D eigenvalue weighted by molar-refractivity contribution is 7.78. The van der Waals surface area contributed by atoms with Crippen molar-refractivity contribution in [1.82, 2.24) is 19.3 Å². The van der Waals surface area contributed by atoms with E-state index < -0.39 is 0 Å². The Morgan fingerprint density at radius 3 is 2.62 bits per heavy atom. The molecule has 0 bridgehead atoms.